The Morgan fingerprint density at radius 1 is 1.15 bits per heavy atom. The highest BCUT2D eigenvalue weighted by molar-refractivity contribution is 14.0. The summed E-state index contributed by atoms with van der Waals surface area (Å²) in [6, 6.07) is -0.625. The first-order valence-electron chi connectivity index (χ1n) is 11.5. The van der Waals surface area contributed by atoms with Gasteiger partial charge in [-0.15, -0.1) is 59.7 Å². The van der Waals surface area contributed by atoms with Crippen molar-refractivity contribution in [3.05, 3.63) is 23.4 Å². The van der Waals surface area contributed by atoms with Crippen molar-refractivity contribution in [2.45, 2.75) is 24.3 Å². The van der Waals surface area contributed by atoms with Crippen LogP contribution >= 0.6 is 59.7 Å². The van der Waals surface area contributed by atoms with E-state index >= 15 is 0 Å². The maximum atomic E-state index is 12.1. The van der Waals surface area contributed by atoms with Crippen molar-refractivity contribution in [2.24, 2.45) is 5.73 Å². The van der Waals surface area contributed by atoms with Crippen LogP contribution in [0.25, 0.3) is 0 Å². The number of rotatable bonds is 9. The summed E-state index contributed by atoms with van der Waals surface area (Å²) in [6.45, 7) is 10.2. The number of thioether (sulfide) groups is 1. The summed E-state index contributed by atoms with van der Waals surface area (Å²) in [5.74, 6) is -1.14. The topological polar surface area (TPSA) is 108 Å². The van der Waals surface area contributed by atoms with E-state index in [1.807, 2.05) is 6.08 Å². The van der Waals surface area contributed by atoms with Crippen LogP contribution in [0.5, 0.6) is 0 Å². The van der Waals surface area contributed by atoms with Gasteiger partial charge in [0.1, 0.15) is 24.5 Å². The first kappa shape index (κ1) is 30.3. The van der Waals surface area contributed by atoms with Crippen LogP contribution < -0.4 is 10.8 Å². The third kappa shape index (κ3) is 7.07. The average molecular weight is 722 g/mol. The minimum Gasteiger partial charge on any atom is -0.543 e. The number of nitrogens with two attached hydrogens (primary N) is 1. The van der Waals surface area contributed by atoms with E-state index in [4.69, 9.17) is 15.2 Å². The SMILES string of the molecule is I.I.N[C@@H]1C(=O)N2C(C(=O)[O-])=C(C=CC[N+]3(CCCCN4CCOCC4)CCOCC3)CS[C@H]12. The van der Waals surface area contributed by atoms with Crippen molar-refractivity contribution < 1.29 is 28.7 Å². The summed E-state index contributed by atoms with van der Waals surface area (Å²) in [6.07, 6.45) is 6.25. The van der Waals surface area contributed by atoms with Crippen LogP contribution in [0.4, 0.5) is 0 Å². The number of hydrogen-bond donors (Lipinski definition) is 1. The molecule has 0 aliphatic carbocycles. The van der Waals surface area contributed by atoms with Crippen LogP contribution in [-0.2, 0) is 19.1 Å². The van der Waals surface area contributed by atoms with Gasteiger partial charge in [-0.3, -0.25) is 14.6 Å². The van der Waals surface area contributed by atoms with Crippen LogP contribution in [0, 0.1) is 0 Å². The molecule has 0 aromatic heterocycles. The van der Waals surface area contributed by atoms with Gasteiger partial charge in [0.15, 0.2) is 0 Å². The minimum atomic E-state index is -1.31. The van der Waals surface area contributed by atoms with Crippen molar-refractivity contribution >= 4 is 71.6 Å². The molecule has 2 N–H and O–H groups in total. The number of hydrogen-bond acceptors (Lipinski definition) is 8. The summed E-state index contributed by atoms with van der Waals surface area (Å²) >= 11 is 1.51. The van der Waals surface area contributed by atoms with Crippen LogP contribution in [0.2, 0.25) is 0 Å². The smallest absolute Gasteiger partial charge is 0.248 e. The Kier molecular flexibility index (Phi) is 12.5. The number of morpholine rings is 2. The predicted molar refractivity (Wildman–Crippen MR) is 150 cm³/mol. The molecular formula is C22H36I2N4O5S. The number of carbonyl (C=O) groups is 2. The summed E-state index contributed by atoms with van der Waals surface area (Å²) in [5.41, 5.74) is 6.43. The van der Waals surface area contributed by atoms with Crippen molar-refractivity contribution in [3.8, 4) is 0 Å². The molecule has 0 radical (unpaired) electrons. The number of carboxylic acid groups (broad SMARTS) is 1. The molecule has 3 fully saturated rings. The first-order valence-corrected chi connectivity index (χ1v) is 12.6. The minimum absolute atomic E-state index is 0. The lowest BCUT2D eigenvalue weighted by Gasteiger charge is -2.49. The highest BCUT2D eigenvalue weighted by Crippen LogP contribution is 2.39. The molecule has 4 heterocycles. The van der Waals surface area contributed by atoms with Gasteiger partial charge in [0.25, 0.3) is 0 Å². The molecule has 4 rings (SSSR count). The van der Waals surface area contributed by atoms with Gasteiger partial charge in [0.05, 0.1) is 51.2 Å². The van der Waals surface area contributed by atoms with E-state index in [-0.39, 0.29) is 64.9 Å². The second kappa shape index (κ2) is 14.1. The van der Waals surface area contributed by atoms with Gasteiger partial charge in [-0.2, -0.15) is 0 Å². The van der Waals surface area contributed by atoms with E-state index in [9.17, 15) is 14.7 Å². The molecule has 0 spiro atoms. The Labute approximate surface area is 240 Å². The van der Waals surface area contributed by atoms with E-state index in [2.05, 4.69) is 11.0 Å². The zero-order chi connectivity index (χ0) is 22.6. The third-order valence-electron chi connectivity index (χ3n) is 6.92. The Balaban J connectivity index is 0.00000204. The molecule has 4 aliphatic rings. The average Bonchev–Trinajstić information content (AvgIpc) is 2.82. The number of carbonyl (C=O) groups excluding carboxylic acids is 2. The van der Waals surface area contributed by atoms with Gasteiger partial charge < -0.3 is 29.6 Å². The number of fused-ring (bicyclic) bond motifs is 1. The number of nitrogens with zero attached hydrogens (tertiary/aromatic N) is 3. The van der Waals surface area contributed by atoms with Crippen molar-refractivity contribution in [3.63, 3.8) is 0 Å². The molecule has 4 aliphatic heterocycles. The fraction of sp³-hybridized carbons (Fsp3) is 0.727. The fourth-order valence-corrected chi connectivity index (χ4v) is 6.18. The predicted octanol–water partition coefficient (Wildman–Crippen LogP) is -0.0156. The van der Waals surface area contributed by atoms with Crippen molar-refractivity contribution in [1.29, 1.82) is 0 Å². The Morgan fingerprint density at radius 2 is 1.82 bits per heavy atom. The number of amides is 1. The maximum absolute atomic E-state index is 12.1. The molecule has 194 valence electrons. The Bertz CT molecular complexity index is 772. The lowest BCUT2D eigenvalue weighted by Crippen LogP contribution is -2.69. The van der Waals surface area contributed by atoms with Crippen molar-refractivity contribution in [2.75, 3.05) is 78.0 Å². The second-order valence-corrected chi connectivity index (χ2v) is 10.1. The zero-order valence-electron chi connectivity index (χ0n) is 19.4. The van der Waals surface area contributed by atoms with E-state index in [0.717, 1.165) is 83.1 Å². The van der Waals surface area contributed by atoms with Gasteiger partial charge in [-0.05, 0) is 31.0 Å². The van der Waals surface area contributed by atoms with E-state index in [1.165, 1.54) is 23.1 Å². The molecule has 1 amide bonds. The molecule has 3 saturated heterocycles. The van der Waals surface area contributed by atoms with Gasteiger partial charge >= 0.3 is 0 Å². The van der Waals surface area contributed by atoms with Crippen LogP contribution in [0.1, 0.15) is 12.8 Å². The third-order valence-corrected chi connectivity index (χ3v) is 8.25. The number of unbranched alkanes of at least 4 members (excludes halogenated alkanes) is 1. The molecular weight excluding hydrogens is 686 g/mol. The molecule has 12 heteroatoms. The number of aliphatic carboxylic acids is 1. The van der Waals surface area contributed by atoms with Crippen molar-refractivity contribution in [1.82, 2.24) is 9.80 Å². The van der Waals surface area contributed by atoms with Gasteiger partial charge in [0.2, 0.25) is 5.91 Å². The highest BCUT2D eigenvalue weighted by atomic mass is 127. The fourth-order valence-electron chi connectivity index (χ4n) is 4.91. The zero-order valence-corrected chi connectivity index (χ0v) is 24.9. The largest absolute Gasteiger partial charge is 0.543 e. The van der Waals surface area contributed by atoms with Crippen LogP contribution in [0.3, 0.4) is 0 Å². The summed E-state index contributed by atoms with van der Waals surface area (Å²) < 4.78 is 12.0. The number of allylic oxidation sites excluding steroid dienone is 1. The monoisotopic (exact) mass is 722 g/mol. The molecule has 2 atom stereocenters. The normalized spacial score (nSPS) is 27.0. The Morgan fingerprint density at radius 3 is 2.50 bits per heavy atom. The van der Waals surface area contributed by atoms with E-state index < -0.39 is 12.0 Å². The number of β-lactam (4-membered cyclic amide) rings is 1. The number of carboxylic acids is 1. The van der Waals surface area contributed by atoms with Crippen LogP contribution in [-0.4, -0.2) is 116 Å². The van der Waals surface area contributed by atoms with Gasteiger partial charge in [0, 0.05) is 18.8 Å². The standard InChI is InChI=1S/C22H34N4O5S.2HI/c23-18-20(27)25-19(22(28)29)17(16-32-21(18)25)4-3-9-26(10-14-31-15-11-26)8-2-1-5-24-6-12-30-13-7-24;;/h3-4,18,21H,1-2,5-16,23H2;2*1H/t18-,21-;;/m1../s1. The lowest BCUT2D eigenvalue weighted by molar-refractivity contribution is -0.930. The lowest BCUT2D eigenvalue weighted by atomic mass is 10.0. The molecule has 0 saturated carbocycles. The Hall–Kier alpha value is 0.0300. The van der Waals surface area contributed by atoms with Gasteiger partial charge in [-0.25, -0.2) is 0 Å². The molecule has 0 aromatic carbocycles. The quantitative estimate of drug-likeness (QED) is 0.153. The number of halogens is 2. The number of ether oxygens (including phenoxy) is 2. The first-order chi connectivity index (χ1) is 15.5. The molecule has 9 nitrogen and oxygen atoms in total. The second-order valence-electron chi connectivity index (χ2n) is 8.97. The highest BCUT2D eigenvalue weighted by Gasteiger charge is 2.49. The molecule has 34 heavy (non-hydrogen) atoms. The molecule has 0 aromatic rings. The summed E-state index contributed by atoms with van der Waals surface area (Å²) in [4.78, 5) is 27.6. The summed E-state index contributed by atoms with van der Waals surface area (Å²) in [7, 11) is 0. The molecule has 0 bridgehead atoms. The van der Waals surface area contributed by atoms with E-state index in [0.29, 0.717) is 11.3 Å². The summed E-state index contributed by atoms with van der Waals surface area (Å²) in [5, 5.41) is 11.5. The number of quaternary nitrogens is 1. The molecule has 0 unspecified atom stereocenters. The maximum Gasteiger partial charge on any atom is 0.248 e. The van der Waals surface area contributed by atoms with Crippen LogP contribution in [0.15, 0.2) is 23.4 Å². The van der Waals surface area contributed by atoms with E-state index in [1.54, 1.807) is 0 Å². The van der Waals surface area contributed by atoms with Gasteiger partial charge in [-0.1, -0.05) is 6.08 Å².